The molecule has 13 nitrogen and oxygen atoms in total. The number of nitrogens with zero attached hydrogens (tertiary/aromatic N) is 4. The first-order valence-corrected chi connectivity index (χ1v) is 11.7. The number of hydrogen-bond donors (Lipinski definition) is 1. The average molecular weight is 549 g/mol. The molecule has 0 atom stereocenters. The first-order chi connectivity index (χ1) is 13.6. The first kappa shape index (κ1) is 36.2. The molecule has 16 heteroatoms. The largest absolute Gasteiger partial charge is 2.00 e. The summed E-state index contributed by atoms with van der Waals surface area (Å²) in [5, 5.41) is 9.17. The maximum atomic E-state index is 9.17. The van der Waals surface area contributed by atoms with E-state index in [1.807, 2.05) is 0 Å². The summed E-state index contributed by atoms with van der Waals surface area (Å²) in [4.78, 5) is 9.66. The van der Waals surface area contributed by atoms with Crippen molar-refractivity contribution in [3.63, 3.8) is 0 Å². The third kappa shape index (κ3) is 38.2. The maximum Gasteiger partial charge on any atom is 2.00 e. The van der Waals surface area contributed by atoms with E-state index in [9.17, 15) is 0 Å². The van der Waals surface area contributed by atoms with Crippen LogP contribution in [0.5, 0.6) is 0 Å². The third-order valence-electron chi connectivity index (χ3n) is 4.17. The van der Waals surface area contributed by atoms with E-state index in [2.05, 4.69) is 40.7 Å². The summed E-state index contributed by atoms with van der Waals surface area (Å²) in [6.45, 7) is 10.1. The molecule has 0 saturated carbocycles. The van der Waals surface area contributed by atoms with E-state index in [1.54, 1.807) is 0 Å². The molecule has 0 unspecified atom stereocenters. The molecule has 0 spiro atoms. The van der Waals surface area contributed by atoms with Gasteiger partial charge >= 0.3 is 17.1 Å². The first-order valence-electron chi connectivity index (χ1n) is 9.24. The monoisotopic (exact) mass is 547 g/mol. The Bertz CT molecular complexity index is 386. The van der Waals surface area contributed by atoms with Crippen molar-refractivity contribution in [1.82, 2.24) is 19.6 Å². The molecule has 1 rings (SSSR count). The van der Waals surface area contributed by atoms with Gasteiger partial charge in [0.15, 0.2) is 0 Å². The van der Waals surface area contributed by atoms with Gasteiger partial charge in [0.05, 0.1) is 6.61 Å². The SMILES string of the molecule is CN1CCCN(C)CCN(CCO)CCCN(C)CC1.[Cu+2].[O-][Cl+3]([O-])([O-])[O-].[O-][Cl+3]([O-])([O-])[O-]. The van der Waals surface area contributed by atoms with Crippen LogP contribution in [0.4, 0.5) is 0 Å². The third-order valence-corrected chi connectivity index (χ3v) is 4.17. The van der Waals surface area contributed by atoms with E-state index in [1.165, 1.54) is 19.4 Å². The molecule has 1 radical (unpaired) electrons. The summed E-state index contributed by atoms with van der Waals surface area (Å²) in [6.07, 6.45) is 2.42. The molecule has 0 bridgehead atoms. The van der Waals surface area contributed by atoms with Crippen LogP contribution in [0, 0.1) is 20.5 Å². The second kappa shape index (κ2) is 20.0. The van der Waals surface area contributed by atoms with Gasteiger partial charge in [-0.15, -0.1) is 20.5 Å². The molecule has 0 amide bonds. The van der Waals surface area contributed by atoms with Crippen molar-refractivity contribution in [2.45, 2.75) is 12.8 Å². The van der Waals surface area contributed by atoms with Gasteiger partial charge in [0.25, 0.3) is 0 Å². The van der Waals surface area contributed by atoms with Crippen molar-refractivity contribution in [2.75, 3.05) is 86.7 Å². The molecule has 0 aromatic carbocycles. The summed E-state index contributed by atoms with van der Waals surface area (Å²) < 4.78 is 67.9. The topological polar surface area (TPSA) is 218 Å². The number of aliphatic hydroxyl groups is 1. The molecule has 0 aromatic heterocycles. The Morgan fingerprint density at radius 1 is 0.581 bits per heavy atom. The molecule has 1 aliphatic heterocycles. The molecule has 1 saturated heterocycles. The molecule has 193 valence electrons. The van der Waals surface area contributed by atoms with E-state index in [4.69, 9.17) is 42.4 Å². The van der Waals surface area contributed by atoms with Gasteiger partial charge in [0.2, 0.25) is 0 Å². The van der Waals surface area contributed by atoms with Gasteiger partial charge in [-0.3, -0.25) is 4.90 Å². The number of β-amino-alcohol motifs (C(OH)–C–C–N with tert-alkyl or cyclic N) is 1. The van der Waals surface area contributed by atoms with Gasteiger partial charge in [-0.05, 0) is 60.2 Å². The Kier molecular flexibility index (Phi) is 23.3. The molecule has 0 aromatic rings. The zero-order chi connectivity index (χ0) is 23.8. The number of hydrogen-bond acceptors (Lipinski definition) is 13. The van der Waals surface area contributed by atoms with Crippen molar-refractivity contribution in [1.29, 1.82) is 0 Å². The Morgan fingerprint density at radius 2 is 0.871 bits per heavy atom. The fourth-order valence-corrected chi connectivity index (χ4v) is 2.64. The van der Waals surface area contributed by atoms with Crippen molar-refractivity contribution < 1.29 is 79.9 Å². The zero-order valence-electron chi connectivity index (χ0n) is 18.0. The smallest absolute Gasteiger partial charge is 0.395 e. The summed E-state index contributed by atoms with van der Waals surface area (Å²) in [5.41, 5.74) is 0. The molecular weight excluding hydrogens is 515 g/mol. The quantitative estimate of drug-likeness (QED) is 0.317. The van der Waals surface area contributed by atoms with E-state index in [0.717, 1.165) is 52.4 Å². The minimum atomic E-state index is -4.94. The Balaban J connectivity index is -0.000000595. The van der Waals surface area contributed by atoms with Crippen LogP contribution in [0.25, 0.3) is 0 Å². The van der Waals surface area contributed by atoms with Gasteiger partial charge in [-0.1, -0.05) is 0 Å². The van der Waals surface area contributed by atoms with E-state index in [-0.39, 0.29) is 23.7 Å². The van der Waals surface area contributed by atoms with Crippen LogP contribution in [-0.4, -0.2) is 111 Å². The predicted molar refractivity (Wildman–Crippen MR) is 85.3 cm³/mol. The number of aliphatic hydroxyl groups excluding tert-OH is 1. The minimum Gasteiger partial charge on any atom is -0.395 e. The number of rotatable bonds is 2. The molecule has 1 heterocycles. The standard InChI is InChI=1S/C15H34N4O.2ClHO4.Cu/c1-16-6-4-7-18(3)12-13-19(14-15-20)9-5-8-17(2)11-10-16;2*2-1(3,4)5;/h20H,4-15H2,1-3H3;2*(H,2,3,4,5);/q;;;+2/p-2. The van der Waals surface area contributed by atoms with Crippen LogP contribution in [-0.2, 0) is 17.1 Å². The molecule has 0 aliphatic carbocycles. The normalized spacial score (nSPS) is 19.7. The predicted octanol–water partition coefficient (Wildman–Crippen LogP) is -9.64. The van der Waals surface area contributed by atoms with Crippen LogP contribution < -0.4 is 37.3 Å². The minimum absolute atomic E-state index is 0. The molecular formula is C15H34Cl2CuN4O9. The van der Waals surface area contributed by atoms with Gasteiger partial charge in [0, 0.05) is 32.7 Å². The zero-order valence-corrected chi connectivity index (χ0v) is 20.5. The molecule has 1 N–H and O–H groups in total. The van der Waals surface area contributed by atoms with E-state index >= 15 is 0 Å². The van der Waals surface area contributed by atoms with Crippen LogP contribution >= 0.6 is 0 Å². The van der Waals surface area contributed by atoms with Gasteiger partial charge < -0.3 is 19.8 Å². The molecule has 31 heavy (non-hydrogen) atoms. The van der Waals surface area contributed by atoms with Crippen LogP contribution in [0.15, 0.2) is 0 Å². The summed E-state index contributed by atoms with van der Waals surface area (Å²) >= 11 is 0. The summed E-state index contributed by atoms with van der Waals surface area (Å²) in [5.74, 6) is 0. The average Bonchev–Trinajstić information content (AvgIpc) is 2.54. The van der Waals surface area contributed by atoms with E-state index < -0.39 is 20.5 Å². The second-order valence-corrected chi connectivity index (χ2v) is 8.45. The van der Waals surface area contributed by atoms with Crippen molar-refractivity contribution in [2.24, 2.45) is 0 Å². The summed E-state index contributed by atoms with van der Waals surface area (Å²) in [7, 11) is -3.25. The Morgan fingerprint density at radius 3 is 1.19 bits per heavy atom. The van der Waals surface area contributed by atoms with Gasteiger partial charge in [0.1, 0.15) is 0 Å². The van der Waals surface area contributed by atoms with Crippen LogP contribution in [0.2, 0.25) is 0 Å². The number of likely N-dealkylation sites (N-methyl/N-ethyl adjacent to an activating group) is 3. The molecule has 1 aliphatic rings. The van der Waals surface area contributed by atoms with Crippen molar-refractivity contribution in [3.05, 3.63) is 0 Å². The van der Waals surface area contributed by atoms with Crippen molar-refractivity contribution >= 4 is 0 Å². The van der Waals surface area contributed by atoms with Gasteiger partial charge in [-0.2, -0.15) is 0 Å². The number of halogens is 2. The fourth-order valence-electron chi connectivity index (χ4n) is 2.64. The van der Waals surface area contributed by atoms with Crippen LogP contribution in [0.1, 0.15) is 12.8 Å². The fraction of sp³-hybridized carbons (Fsp3) is 1.00. The van der Waals surface area contributed by atoms with E-state index in [0.29, 0.717) is 0 Å². The van der Waals surface area contributed by atoms with Gasteiger partial charge in [-0.25, -0.2) is 37.3 Å². The summed E-state index contributed by atoms with van der Waals surface area (Å²) in [6, 6.07) is 0. The van der Waals surface area contributed by atoms with Crippen LogP contribution in [0.3, 0.4) is 0 Å². The van der Waals surface area contributed by atoms with Crippen molar-refractivity contribution in [3.8, 4) is 0 Å². The maximum absolute atomic E-state index is 9.17. The second-order valence-electron chi connectivity index (χ2n) is 6.94. The molecule has 1 fully saturated rings. The Labute approximate surface area is 199 Å². The Hall–Kier alpha value is 0.579.